The quantitative estimate of drug-likeness (QED) is 0.918. The molecule has 1 aromatic carbocycles. The van der Waals surface area contributed by atoms with Gasteiger partial charge in [0, 0.05) is 25.7 Å². The molecule has 0 bridgehead atoms. The minimum atomic E-state index is -0.463. The Morgan fingerprint density at radius 2 is 2.26 bits per heavy atom. The standard InChI is InChI=1S/C16H19NO2/c1-17-7-2-3-13-10-14(4-5-15(13)17)16(18)9-12-6-8-19-11-12/h4-6,8,10-11,16,18H,2-3,7,9H2,1H3. The summed E-state index contributed by atoms with van der Waals surface area (Å²) in [5, 5.41) is 10.3. The van der Waals surface area contributed by atoms with E-state index in [0.29, 0.717) is 6.42 Å². The van der Waals surface area contributed by atoms with E-state index in [2.05, 4.69) is 24.1 Å². The highest BCUT2D eigenvalue weighted by molar-refractivity contribution is 5.56. The van der Waals surface area contributed by atoms with E-state index in [-0.39, 0.29) is 0 Å². The summed E-state index contributed by atoms with van der Waals surface area (Å²) in [5.74, 6) is 0. The number of rotatable bonds is 3. The summed E-state index contributed by atoms with van der Waals surface area (Å²) in [6.45, 7) is 1.11. The van der Waals surface area contributed by atoms with Crippen LogP contribution in [0.5, 0.6) is 0 Å². The minimum absolute atomic E-state index is 0.463. The van der Waals surface area contributed by atoms with Crippen LogP contribution in [0.25, 0.3) is 0 Å². The van der Waals surface area contributed by atoms with Crippen molar-refractivity contribution in [3.05, 3.63) is 53.5 Å². The van der Waals surface area contributed by atoms with Crippen LogP contribution in [0, 0.1) is 0 Å². The van der Waals surface area contributed by atoms with Crippen LogP contribution in [0.1, 0.15) is 29.2 Å². The van der Waals surface area contributed by atoms with Crippen molar-refractivity contribution in [2.45, 2.75) is 25.4 Å². The zero-order valence-corrected chi connectivity index (χ0v) is 11.2. The number of fused-ring (bicyclic) bond motifs is 1. The summed E-state index contributed by atoms with van der Waals surface area (Å²) in [7, 11) is 2.12. The van der Waals surface area contributed by atoms with Crippen LogP contribution in [-0.4, -0.2) is 18.7 Å². The van der Waals surface area contributed by atoms with Gasteiger partial charge in [-0.1, -0.05) is 12.1 Å². The molecule has 3 nitrogen and oxygen atoms in total. The molecule has 2 heterocycles. The molecular weight excluding hydrogens is 238 g/mol. The molecule has 0 radical (unpaired) electrons. The molecule has 1 unspecified atom stereocenters. The molecule has 0 saturated carbocycles. The Kier molecular flexibility index (Phi) is 3.30. The minimum Gasteiger partial charge on any atom is -0.472 e. The smallest absolute Gasteiger partial charge is 0.0935 e. The first-order valence-corrected chi connectivity index (χ1v) is 6.77. The van der Waals surface area contributed by atoms with Crippen molar-refractivity contribution < 1.29 is 9.52 Å². The SMILES string of the molecule is CN1CCCc2cc(C(O)Cc3ccoc3)ccc21. The molecule has 3 heteroatoms. The van der Waals surface area contributed by atoms with Gasteiger partial charge < -0.3 is 14.4 Å². The van der Waals surface area contributed by atoms with Gasteiger partial charge in [0.15, 0.2) is 0 Å². The van der Waals surface area contributed by atoms with E-state index >= 15 is 0 Å². The van der Waals surface area contributed by atoms with Crippen LogP contribution in [0.2, 0.25) is 0 Å². The van der Waals surface area contributed by atoms with Gasteiger partial charge >= 0.3 is 0 Å². The van der Waals surface area contributed by atoms with E-state index < -0.39 is 6.10 Å². The van der Waals surface area contributed by atoms with E-state index in [9.17, 15) is 5.11 Å². The van der Waals surface area contributed by atoms with Gasteiger partial charge in [-0.2, -0.15) is 0 Å². The molecule has 1 aliphatic rings. The second-order valence-corrected chi connectivity index (χ2v) is 5.26. The van der Waals surface area contributed by atoms with Gasteiger partial charge in [-0.25, -0.2) is 0 Å². The van der Waals surface area contributed by atoms with Crippen LogP contribution in [0.3, 0.4) is 0 Å². The third-order valence-corrected chi connectivity index (χ3v) is 3.85. The maximum absolute atomic E-state index is 10.3. The Morgan fingerprint density at radius 1 is 1.37 bits per heavy atom. The molecule has 0 aliphatic carbocycles. The topological polar surface area (TPSA) is 36.6 Å². The van der Waals surface area contributed by atoms with Crippen LogP contribution in [0.15, 0.2) is 41.2 Å². The molecule has 2 aromatic rings. The largest absolute Gasteiger partial charge is 0.472 e. The van der Waals surface area contributed by atoms with Crippen molar-refractivity contribution in [3.8, 4) is 0 Å². The zero-order chi connectivity index (χ0) is 13.2. The fourth-order valence-corrected chi connectivity index (χ4v) is 2.76. The Morgan fingerprint density at radius 3 is 3.05 bits per heavy atom. The lowest BCUT2D eigenvalue weighted by Crippen LogP contribution is -2.24. The van der Waals surface area contributed by atoms with Gasteiger partial charge in [-0.05, 0) is 41.7 Å². The monoisotopic (exact) mass is 257 g/mol. The van der Waals surface area contributed by atoms with Gasteiger partial charge in [0.2, 0.25) is 0 Å². The van der Waals surface area contributed by atoms with Crippen molar-refractivity contribution in [3.63, 3.8) is 0 Å². The van der Waals surface area contributed by atoms with Gasteiger partial charge in [0.25, 0.3) is 0 Å². The second kappa shape index (κ2) is 5.10. The van der Waals surface area contributed by atoms with Crippen molar-refractivity contribution in [2.75, 3.05) is 18.5 Å². The normalized spacial score (nSPS) is 16.2. The molecule has 100 valence electrons. The summed E-state index contributed by atoms with van der Waals surface area (Å²) in [6.07, 6.45) is 5.76. The van der Waals surface area contributed by atoms with Gasteiger partial charge in [-0.3, -0.25) is 0 Å². The van der Waals surface area contributed by atoms with Gasteiger partial charge in [-0.15, -0.1) is 0 Å². The maximum Gasteiger partial charge on any atom is 0.0935 e. The Hall–Kier alpha value is -1.74. The Labute approximate surface area is 113 Å². The number of aryl methyl sites for hydroxylation is 1. The molecule has 1 aromatic heterocycles. The third-order valence-electron chi connectivity index (χ3n) is 3.85. The fourth-order valence-electron chi connectivity index (χ4n) is 2.76. The average molecular weight is 257 g/mol. The predicted molar refractivity (Wildman–Crippen MR) is 75.4 cm³/mol. The van der Waals surface area contributed by atoms with Crippen LogP contribution < -0.4 is 4.90 Å². The lowest BCUT2D eigenvalue weighted by atomic mass is 9.96. The van der Waals surface area contributed by atoms with Crippen molar-refractivity contribution in [2.24, 2.45) is 0 Å². The van der Waals surface area contributed by atoms with Crippen molar-refractivity contribution in [1.82, 2.24) is 0 Å². The first-order valence-electron chi connectivity index (χ1n) is 6.77. The van der Waals surface area contributed by atoms with E-state index in [1.807, 2.05) is 12.1 Å². The van der Waals surface area contributed by atoms with Gasteiger partial charge in [0.1, 0.15) is 0 Å². The molecule has 3 rings (SSSR count). The Bertz CT molecular complexity index is 548. The number of hydrogen-bond acceptors (Lipinski definition) is 3. The van der Waals surface area contributed by atoms with Crippen molar-refractivity contribution >= 4 is 5.69 Å². The van der Waals surface area contributed by atoms with E-state index in [0.717, 1.165) is 24.1 Å². The molecule has 1 atom stereocenters. The lowest BCUT2D eigenvalue weighted by Gasteiger charge is -2.28. The second-order valence-electron chi connectivity index (χ2n) is 5.26. The average Bonchev–Trinajstić information content (AvgIpc) is 2.91. The summed E-state index contributed by atoms with van der Waals surface area (Å²) in [5.41, 5.74) is 4.67. The predicted octanol–water partition coefficient (Wildman–Crippen LogP) is 2.94. The number of hydrogen-bond donors (Lipinski definition) is 1. The molecular formula is C16H19NO2. The summed E-state index contributed by atoms with van der Waals surface area (Å²) >= 11 is 0. The molecule has 0 spiro atoms. The summed E-state index contributed by atoms with van der Waals surface area (Å²) in [4.78, 5) is 2.28. The number of aliphatic hydroxyl groups excluding tert-OH is 1. The first kappa shape index (κ1) is 12.3. The zero-order valence-electron chi connectivity index (χ0n) is 11.2. The molecule has 19 heavy (non-hydrogen) atoms. The maximum atomic E-state index is 10.3. The third kappa shape index (κ3) is 2.51. The van der Waals surface area contributed by atoms with E-state index in [1.165, 1.54) is 17.7 Å². The Balaban J connectivity index is 1.81. The van der Waals surface area contributed by atoms with Crippen LogP contribution >= 0.6 is 0 Å². The number of benzene rings is 1. The number of aliphatic hydroxyl groups is 1. The van der Waals surface area contributed by atoms with E-state index in [1.54, 1.807) is 12.5 Å². The molecule has 1 aliphatic heterocycles. The van der Waals surface area contributed by atoms with Gasteiger partial charge in [0.05, 0.1) is 18.6 Å². The number of furan rings is 1. The fraction of sp³-hybridized carbons (Fsp3) is 0.375. The number of anilines is 1. The van der Waals surface area contributed by atoms with Crippen LogP contribution in [-0.2, 0) is 12.8 Å². The molecule has 1 N–H and O–H groups in total. The first-order chi connectivity index (χ1) is 9.24. The summed E-state index contributed by atoms with van der Waals surface area (Å²) < 4.78 is 5.04. The highest BCUT2D eigenvalue weighted by Crippen LogP contribution is 2.29. The van der Waals surface area contributed by atoms with E-state index in [4.69, 9.17) is 4.42 Å². The highest BCUT2D eigenvalue weighted by Gasteiger charge is 2.16. The van der Waals surface area contributed by atoms with Crippen molar-refractivity contribution in [1.29, 1.82) is 0 Å². The molecule has 0 amide bonds. The summed E-state index contributed by atoms with van der Waals surface area (Å²) in [6, 6.07) is 8.21. The lowest BCUT2D eigenvalue weighted by molar-refractivity contribution is 0.178. The van der Waals surface area contributed by atoms with Crippen LogP contribution in [0.4, 0.5) is 5.69 Å². The molecule has 0 fully saturated rings. The highest BCUT2D eigenvalue weighted by atomic mass is 16.3. The number of nitrogens with zero attached hydrogens (tertiary/aromatic N) is 1. The molecule has 0 saturated heterocycles.